The van der Waals surface area contributed by atoms with Crippen molar-refractivity contribution in [2.45, 2.75) is 18.7 Å². The Morgan fingerprint density at radius 1 is 1.17 bits per heavy atom. The van der Waals surface area contributed by atoms with Gasteiger partial charge < -0.3 is 5.32 Å². The molecule has 2 rings (SSSR count). The van der Waals surface area contributed by atoms with Crippen molar-refractivity contribution in [1.82, 2.24) is 0 Å². The molecule has 0 aliphatic carbocycles. The number of nitrogens with zero attached hydrogens (tertiary/aromatic N) is 1. The highest BCUT2D eigenvalue weighted by molar-refractivity contribution is 7.98. The normalized spacial score (nSPS) is 11.0. The number of thioether (sulfide) groups is 1. The minimum Gasteiger partial charge on any atom is -0.321 e. The molecule has 0 saturated heterocycles. The number of amides is 1. The lowest BCUT2D eigenvalue weighted by Crippen LogP contribution is -2.14. The molecule has 0 fully saturated rings. The summed E-state index contributed by atoms with van der Waals surface area (Å²) >= 11 is 1.65. The molecule has 0 radical (unpaired) electrons. The van der Waals surface area contributed by atoms with Crippen LogP contribution in [0.15, 0.2) is 52.9 Å². The fraction of sp³-hybridized carbons (Fsp3) is 0.158. The first-order valence-corrected chi connectivity index (χ1v) is 8.41. The lowest BCUT2D eigenvalue weighted by atomic mass is 10.1. The molecule has 1 N–H and O–H groups in total. The predicted octanol–water partition coefficient (Wildman–Crippen LogP) is 4.57. The molecule has 0 spiro atoms. The Hall–Kier alpha value is -2.51. The Balaban J connectivity index is 2.22. The van der Waals surface area contributed by atoms with Gasteiger partial charge in [0.15, 0.2) is 0 Å². The molecule has 2 aromatic rings. The van der Waals surface area contributed by atoms with E-state index in [1.54, 1.807) is 17.8 Å². The lowest BCUT2D eigenvalue weighted by Gasteiger charge is -2.09. The van der Waals surface area contributed by atoms with Crippen molar-refractivity contribution in [1.29, 1.82) is 5.26 Å². The van der Waals surface area contributed by atoms with Gasteiger partial charge in [0.05, 0.1) is 0 Å². The molecule has 1 amide bonds. The number of benzene rings is 2. The number of hydrogen-bond acceptors (Lipinski definition) is 3. The number of carbonyl (C=O) groups excluding carboxylic acids is 1. The number of rotatable bonds is 4. The largest absolute Gasteiger partial charge is 0.321 e. The average Bonchev–Trinajstić information content (AvgIpc) is 2.57. The van der Waals surface area contributed by atoms with E-state index in [9.17, 15) is 10.1 Å². The van der Waals surface area contributed by atoms with E-state index in [1.165, 1.54) is 0 Å². The third-order valence-electron chi connectivity index (χ3n) is 3.64. The fourth-order valence-electron chi connectivity index (χ4n) is 2.09. The number of aryl methyl sites for hydroxylation is 1. The molecule has 2 aromatic carbocycles. The van der Waals surface area contributed by atoms with Crippen molar-refractivity contribution in [2.75, 3.05) is 11.6 Å². The summed E-state index contributed by atoms with van der Waals surface area (Å²) in [5.41, 5.74) is 3.74. The molecule has 4 heteroatoms. The van der Waals surface area contributed by atoms with Gasteiger partial charge >= 0.3 is 0 Å². The summed E-state index contributed by atoms with van der Waals surface area (Å²) in [4.78, 5) is 13.5. The maximum absolute atomic E-state index is 12.3. The van der Waals surface area contributed by atoms with Gasteiger partial charge in [0.2, 0.25) is 0 Å². The molecule has 0 aromatic heterocycles. The van der Waals surface area contributed by atoms with Gasteiger partial charge in [-0.25, -0.2) is 0 Å². The highest BCUT2D eigenvalue weighted by atomic mass is 32.2. The van der Waals surface area contributed by atoms with Gasteiger partial charge in [0.1, 0.15) is 11.6 Å². The molecule has 3 nitrogen and oxygen atoms in total. The first-order chi connectivity index (χ1) is 11.0. The van der Waals surface area contributed by atoms with Crippen LogP contribution in [0.3, 0.4) is 0 Å². The van der Waals surface area contributed by atoms with Crippen LogP contribution in [0.4, 0.5) is 5.69 Å². The number of nitrogens with one attached hydrogen (secondary N) is 1. The van der Waals surface area contributed by atoms with Gasteiger partial charge in [-0.05, 0) is 61.1 Å². The van der Waals surface area contributed by atoms with Crippen molar-refractivity contribution in [3.63, 3.8) is 0 Å². The monoisotopic (exact) mass is 322 g/mol. The first kappa shape index (κ1) is 16.9. The SMILES string of the molecule is CSc1ccc(/C=C(\C#N)C(=O)Nc2cccc(C)c2C)cc1. The summed E-state index contributed by atoms with van der Waals surface area (Å²) < 4.78 is 0. The van der Waals surface area contributed by atoms with Crippen LogP contribution in [0.5, 0.6) is 0 Å². The minimum absolute atomic E-state index is 0.0859. The highest BCUT2D eigenvalue weighted by Gasteiger charge is 2.11. The van der Waals surface area contributed by atoms with Crippen molar-refractivity contribution in [3.05, 3.63) is 64.7 Å². The lowest BCUT2D eigenvalue weighted by molar-refractivity contribution is -0.112. The maximum atomic E-state index is 12.3. The van der Waals surface area contributed by atoms with Gasteiger partial charge in [-0.2, -0.15) is 5.26 Å². The van der Waals surface area contributed by atoms with Crippen LogP contribution in [0.2, 0.25) is 0 Å². The van der Waals surface area contributed by atoms with Gasteiger partial charge in [0, 0.05) is 10.6 Å². The summed E-state index contributed by atoms with van der Waals surface area (Å²) in [5.74, 6) is -0.393. The average molecular weight is 322 g/mol. The first-order valence-electron chi connectivity index (χ1n) is 7.18. The molecule has 0 saturated carbocycles. The second-order valence-electron chi connectivity index (χ2n) is 5.14. The number of carbonyl (C=O) groups is 1. The predicted molar refractivity (Wildman–Crippen MR) is 96.4 cm³/mol. The second kappa shape index (κ2) is 7.66. The van der Waals surface area contributed by atoms with Crippen LogP contribution in [0, 0.1) is 25.2 Å². The fourth-order valence-corrected chi connectivity index (χ4v) is 2.50. The maximum Gasteiger partial charge on any atom is 0.266 e. The number of anilines is 1. The Labute approximate surface area is 141 Å². The van der Waals surface area contributed by atoms with E-state index in [4.69, 9.17) is 0 Å². The molecule has 0 atom stereocenters. The Kier molecular flexibility index (Phi) is 5.61. The van der Waals surface area contributed by atoms with Gasteiger partial charge in [-0.3, -0.25) is 4.79 Å². The standard InChI is InChI=1S/C19H18N2OS/c1-13-5-4-6-18(14(13)2)21-19(22)16(12-20)11-15-7-9-17(23-3)10-8-15/h4-11H,1-3H3,(H,21,22)/b16-11+. The Bertz CT molecular complexity index is 786. The van der Waals surface area contributed by atoms with Crippen LogP contribution in [-0.2, 0) is 4.79 Å². The van der Waals surface area contributed by atoms with Crippen molar-refractivity contribution in [3.8, 4) is 6.07 Å². The molecule has 0 heterocycles. The Morgan fingerprint density at radius 3 is 2.48 bits per heavy atom. The van der Waals surface area contributed by atoms with Crippen LogP contribution >= 0.6 is 11.8 Å². The summed E-state index contributed by atoms with van der Waals surface area (Å²) in [6, 6.07) is 15.4. The zero-order valence-electron chi connectivity index (χ0n) is 13.4. The Morgan fingerprint density at radius 2 is 1.87 bits per heavy atom. The van der Waals surface area contributed by atoms with E-state index in [2.05, 4.69) is 5.32 Å². The van der Waals surface area contributed by atoms with Gasteiger partial charge in [-0.15, -0.1) is 11.8 Å². The molecule has 0 aliphatic rings. The van der Waals surface area contributed by atoms with Crippen molar-refractivity contribution < 1.29 is 4.79 Å². The third kappa shape index (κ3) is 4.24. The van der Waals surface area contributed by atoms with Gasteiger partial charge in [-0.1, -0.05) is 24.3 Å². The molecule has 0 bridgehead atoms. The van der Waals surface area contributed by atoms with E-state index < -0.39 is 5.91 Å². The topological polar surface area (TPSA) is 52.9 Å². The number of hydrogen-bond donors (Lipinski definition) is 1. The van der Waals surface area contributed by atoms with E-state index in [0.717, 1.165) is 27.3 Å². The van der Waals surface area contributed by atoms with Crippen LogP contribution in [0.1, 0.15) is 16.7 Å². The highest BCUT2D eigenvalue weighted by Crippen LogP contribution is 2.20. The molecule has 0 unspecified atom stereocenters. The second-order valence-corrected chi connectivity index (χ2v) is 6.02. The van der Waals surface area contributed by atoms with Crippen LogP contribution in [0.25, 0.3) is 6.08 Å². The van der Waals surface area contributed by atoms with E-state index in [-0.39, 0.29) is 5.57 Å². The van der Waals surface area contributed by atoms with Crippen molar-refractivity contribution in [2.24, 2.45) is 0 Å². The summed E-state index contributed by atoms with van der Waals surface area (Å²) in [6.07, 6.45) is 3.60. The molecular weight excluding hydrogens is 304 g/mol. The van der Waals surface area contributed by atoms with E-state index >= 15 is 0 Å². The smallest absolute Gasteiger partial charge is 0.266 e. The van der Waals surface area contributed by atoms with Crippen LogP contribution < -0.4 is 5.32 Å². The summed E-state index contributed by atoms with van der Waals surface area (Å²) in [5, 5.41) is 12.1. The van der Waals surface area contributed by atoms with E-state index in [0.29, 0.717) is 0 Å². The van der Waals surface area contributed by atoms with E-state index in [1.807, 2.05) is 68.6 Å². The quantitative estimate of drug-likeness (QED) is 0.509. The molecule has 23 heavy (non-hydrogen) atoms. The molecular formula is C19H18N2OS. The minimum atomic E-state index is -0.393. The zero-order chi connectivity index (χ0) is 16.8. The van der Waals surface area contributed by atoms with Gasteiger partial charge in [0.25, 0.3) is 5.91 Å². The van der Waals surface area contributed by atoms with Crippen LogP contribution in [-0.4, -0.2) is 12.2 Å². The number of nitriles is 1. The summed E-state index contributed by atoms with van der Waals surface area (Å²) in [6.45, 7) is 3.93. The van der Waals surface area contributed by atoms with Crippen molar-refractivity contribution >= 4 is 29.4 Å². The zero-order valence-corrected chi connectivity index (χ0v) is 14.2. The third-order valence-corrected chi connectivity index (χ3v) is 4.39. The molecule has 0 aliphatic heterocycles. The summed E-state index contributed by atoms with van der Waals surface area (Å²) in [7, 11) is 0. The molecule has 116 valence electrons.